The molecule has 0 saturated carbocycles. The summed E-state index contributed by atoms with van der Waals surface area (Å²) >= 11 is 0. The van der Waals surface area contributed by atoms with Gasteiger partial charge in [-0.2, -0.15) is 0 Å². The van der Waals surface area contributed by atoms with Crippen molar-refractivity contribution in [2.75, 3.05) is 31.5 Å². The molecule has 36 heavy (non-hydrogen) atoms. The number of aromatic nitrogens is 3. The minimum Gasteiger partial charge on any atom is -0.507 e. The van der Waals surface area contributed by atoms with Crippen molar-refractivity contribution in [1.29, 1.82) is 0 Å². The first kappa shape index (κ1) is 25.8. The van der Waals surface area contributed by atoms with E-state index in [1.54, 1.807) is 0 Å². The van der Waals surface area contributed by atoms with Crippen LogP contribution in [0.4, 0.5) is 11.4 Å². The molecule has 190 valence electrons. The van der Waals surface area contributed by atoms with Crippen LogP contribution in [-0.2, 0) is 13.1 Å². The molecule has 0 fully saturated rings. The van der Waals surface area contributed by atoms with Crippen molar-refractivity contribution in [3.8, 4) is 5.75 Å². The molecule has 0 aliphatic carbocycles. The Kier molecular flexibility index (Phi) is 8.01. The number of hydrogen-bond acceptors (Lipinski definition) is 7. The number of benzene rings is 2. The van der Waals surface area contributed by atoms with Crippen molar-refractivity contribution < 1.29 is 5.11 Å². The van der Waals surface area contributed by atoms with E-state index in [4.69, 9.17) is 9.97 Å². The van der Waals surface area contributed by atoms with Crippen molar-refractivity contribution >= 4 is 33.3 Å². The van der Waals surface area contributed by atoms with Gasteiger partial charge in [0.15, 0.2) is 0 Å². The first-order valence-corrected chi connectivity index (χ1v) is 13.0. The SMILES string of the molecule is CCN(CC)Cc1cc(Nc2ccnc3ccc4nc(C)c(C)nc4c23)cc(CN(CC)CC)c1O. The first-order chi connectivity index (χ1) is 17.4. The summed E-state index contributed by atoms with van der Waals surface area (Å²) < 4.78 is 0. The third kappa shape index (κ3) is 5.27. The highest BCUT2D eigenvalue weighted by Crippen LogP contribution is 2.34. The van der Waals surface area contributed by atoms with Crippen molar-refractivity contribution in [3.63, 3.8) is 0 Å². The van der Waals surface area contributed by atoms with Crippen LogP contribution >= 0.6 is 0 Å². The summed E-state index contributed by atoms with van der Waals surface area (Å²) in [5.74, 6) is 0.390. The van der Waals surface area contributed by atoms with E-state index in [9.17, 15) is 5.11 Å². The Morgan fingerprint density at radius 1 is 0.778 bits per heavy atom. The van der Waals surface area contributed by atoms with Gasteiger partial charge < -0.3 is 10.4 Å². The lowest BCUT2D eigenvalue weighted by atomic mass is 10.0. The highest BCUT2D eigenvalue weighted by Gasteiger charge is 2.16. The third-order valence-electron chi connectivity index (χ3n) is 7.07. The van der Waals surface area contributed by atoms with Gasteiger partial charge in [0.05, 0.1) is 33.5 Å². The lowest BCUT2D eigenvalue weighted by Crippen LogP contribution is -2.24. The van der Waals surface area contributed by atoms with Crippen LogP contribution in [0.2, 0.25) is 0 Å². The average molecular weight is 487 g/mol. The first-order valence-electron chi connectivity index (χ1n) is 13.0. The molecule has 0 aliphatic heterocycles. The summed E-state index contributed by atoms with van der Waals surface area (Å²) in [7, 11) is 0. The van der Waals surface area contributed by atoms with E-state index in [-0.39, 0.29) is 0 Å². The Bertz CT molecular complexity index is 1330. The van der Waals surface area contributed by atoms with Gasteiger partial charge in [-0.25, -0.2) is 9.97 Å². The van der Waals surface area contributed by atoms with Gasteiger partial charge in [0.25, 0.3) is 0 Å². The summed E-state index contributed by atoms with van der Waals surface area (Å²) in [5, 5.41) is 15.8. The maximum atomic E-state index is 11.2. The summed E-state index contributed by atoms with van der Waals surface area (Å²) in [4.78, 5) is 18.9. The van der Waals surface area contributed by atoms with Gasteiger partial charge in [-0.15, -0.1) is 0 Å². The molecule has 4 aromatic rings. The molecule has 2 heterocycles. The maximum Gasteiger partial charge on any atom is 0.124 e. The second-order valence-corrected chi connectivity index (χ2v) is 9.27. The van der Waals surface area contributed by atoms with Gasteiger partial charge in [-0.1, -0.05) is 27.7 Å². The van der Waals surface area contributed by atoms with Gasteiger partial charge in [0.2, 0.25) is 0 Å². The topological polar surface area (TPSA) is 77.4 Å². The monoisotopic (exact) mass is 486 g/mol. The number of aromatic hydroxyl groups is 1. The van der Waals surface area contributed by atoms with Crippen molar-refractivity contribution in [3.05, 3.63) is 59.0 Å². The molecule has 7 nitrogen and oxygen atoms in total. The number of phenols is 1. The molecular formula is C29H38N6O. The lowest BCUT2D eigenvalue weighted by molar-refractivity contribution is 0.281. The fourth-order valence-corrected chi connectivity index (χ4v) is 4.64. The number of pyridine rings is 1. The fraction of sp³-hybridized carbons (Fsp3) is 0.414. The third-order valence-corrected chi connectivity index (χ3v) is 7.07. The molecule has 0 unspecified atom stereocenters. The van der Waals surface area contributed by atoms with Crippen LogP contribution in [0.3, 0.4) is 0 Å². The molecule has 4 rings (SSSR count). The number of fused-ring (bicyclic) bond motifs is 3. The predicted molar refractivity (Wildman–Crippen MR) is 149 cm³/mol. The molecule has 0 atom stereocenters. The van der Waals surface area contributed by atoms with Gasteiger partial charge in [-0.3, -0.25) is 14.8 Å². The summed E-state index contributed by atoms with van der Waals surface area (Å²) in [6, 6.07) is 10.1. The van der Waals surface area contributed by atoms with Crippen LogP contribution in [0.15, 0.2) is 36.5 Å². The van der Waals surface area contributed by atoms with Gasteiger partial charge in [0.1, 0.15) is 11.3 Å². The lowest BCUT2D eigenvalue weighted by Gasteiger charge is -2.24. The van der Waals surface area contributed by atoms with E-state index >= 15 is 0 Å². The fourth-order valence-electron chi connectivity index (χ4n) is 4.64. The van der Waals surface area contributed by atoms with Gasteiger partial charge in [-0.05, 0) is 70.4 Å². The molecule has 0 amide bonds. The number of nitrogens with zero attached hydrogens (tertiary/aromatic N) is 5. The van der Waals surface area contributed by atoms with E-state index < -0.39 is 0 Å². The number of hydrogen-bond donors (Lipinski definition) is 2. The van der Waals surface area contributed by atoms with Gasteiger partial charge in [0, 0.05) is 36.1 Å². The molecule has 2 aromatic carbocycles. The van der Waals surface area contributed by atoms with Crippen LogP contribution in [0.5, 0.6) is 5.75 Å². The Labute approximate surface area is 214 Å². The van der Waals surface area contributed by atoms with Crippen LogP contribution in [0.25, 0.3) is 21.9 Å². The zero-order valence-corrected chi connectivity index (χ0v) is 22.4. The minimum atomic E-state index is 0.390. The number of anilines is 2. The molecule has 2 aromatic heterocycles. The molecule has 2 N–H and O–H groups in total. The van der Waals surface area contributed by atoms with E-state index in [0.29, 0.717) is 18.8 Å². The van der Waals surface area contributed by atoms with E-state index in [0.717, 1.165) is 82.0 Å². The highest BCUT2D eigenvalue weighted by atomic mass is 16.3. The van der Waals surface area contributed by atoms with Crippen molar-refractivity contribution in [1.82, 2.24) is 24.8 Å². The number of aryl methyl sites for hydroxylation is 2. The second kappa shape index (κ2) is 11.2. The normalized spacial score (nSPS) is 11.8. The highest BCUT2D eigenvalue weighted by molar-refractivity contribution is 6.09. The molecule has 0 spiro atoms. The van der Waals surface area contributed by atoms with Crippen molar-refractivity contribution in [2.45, 2.75) is 54.6 Å². The zero-order valence-electron chi connectivity index (χ0n) is 22.4. The minimum absolute atomic E-state index is 0.390. The largest absolute Gasteiger partial charge is 0.507 e. The zero-order chi connectivity index (χ0) is 25.8. The second-order valence-electron chi connectivity index (χ2n) is 9.27. The molecule has 7 heteroatoms. The van der Waals surface area contributed by atoms with Crippen LogP contribution < -0.4 is 5.32 Å². The van der Waals surface area contributed by atoms with Crippen molar-refractivity contribution in [2.24, 2.45) is 0 Å². The number of rotatable bonds is 10. The Balaban J connectivity index is 1.84. The Morgan fingerprint density at radius 3 is 1.92 bits per heavy atom. The standard InChI is InChI=1S/C29H38N6O/c1-7-34(8-2)17-21-15-23(16-22(29(21)36)18-35(9-3)10-4)33-25-13-14-30-24-11-12-26-28(27(24)25)32-20(6)19(5)31-26/h11-16,36H,7-10,17-18H2,1-6H3,(H,30,33). The van der Waals surface area contributed by atoms with Crippen LogP contribution in [0.1, 0.15) is 50.2 Å². The van der Waals surface area contributed by atoms with E-state index in [1.165, 1.54) is 0 Å². The number of nitrogens with one attached hydrogen (secondary N) is 1. The van der Waals surface area contributed by atoms with Crippen LogP contribution in [0, 0.1) is 13.8 Å². The Morgan fingerprint density at radius 2 is 1.33 bits per heavy atom. The molecule has 0 bridgehead atoms. The maximum absolute atomic E-state index is 11.2. The molecule has 0 radical (unpaired) electrons. The Hall–Kier alpha value is -3.29. The average Bonchev–Trinajstić information content (AvgIpc) is 2.88. The van der Waals surface area contributed by atoms with E-state index in [2.05, 4.69) is 59.9 Å². The summed E-state index contributed by atoms with van der Waals surface area (Å²) in [6.07, 6.45) is 1.82. The molecular weight excluding hydrogens is 448 g/mol. The quantitative estimate of drug-likeness (QED) is 0.213. The molecule has 0 aliphatic rings. The smallest absolute Gasteiger partial charge is 0.124 e. The van der Waals surface area contributed by atoms with E-state index in [1.807, 2.05) is 38.2 Å². The van der Waals surface area contributed by atoms with Gasteiger partial charge >= 0.3 is 0 Å². The van der Waals surface area contributed by atoms with Crippen LogP contribution in [-0.4, -0.2) is 56.0 Å². The molecule has 0 saturated heterocycles. The predicted octanol–water partition coefficient (Wildman–Crippen LogP) is 5.93. The summed E-state index contributed by atoms with van der Waals surface area (Å²) in [6.45, 7) is 17.7. The number of phenolic OH excluding ortho intramolecular Hbond substituents is 1. The summed E-state index contributed by atoms with van der Waals surface area (Å²) in [5.41, 5.74) is 8.15.